The molecule has 0 bridgehead atoms. The Morgan fingerprint density at radius 2 is 2.05 bits per heavy atom. The molecular formula is C15H26N3O4+. The number of rotatable bonds is 5. The Morgan fingerprint density at radius 1 is 1.50 bits per heavy atom. The summed E-state index contributed by atoms with van der Waals surface area (Å²) < 4.78 is 0. The molecule has 7 nitrogen and oxygen atoms in total. The van der Waals surface area contributed by atoms with Gasteiger partial charge in [0.2, 0.25) is 17.6 Å². The Bertz CT molecular complexity index is 511. The number of amides is 2. The van der Waals surface area contributed by atoms with Gasteiger partial charge in [-0.3, -0.25) is 9.59 Å². The molecule has 1 fully saturated rings. The lowest BCUT2D eigenvalue weighted by Crippen LogP contribution is -2.47. The molecule has 1 aliphatic heterocycles. The zero-order valence-electron chi connectivity index (χ0n) is 13.5. The smallest absolute Gasteiger partial charge is 0.243 e. The van der Waals surface area contributed by atoms with E-state index in [2.05, 4.69) is 0 Å². The molecule has 7 heteroatoms. The van der Waals surface area contributed by atoms with E-state index in [-0.39, 0.29) is 30.4 Å². The highest BCUT2D eigenvalue weighted by Crippen LogP contribution is 2.31. The summed E-state index contributed by atoms with van der Waals surface area (Å²) >= 11 is 0. The fourth-order valence-electron chi connectivity index (χ4n) is 2.83. The summed E-state index contributed by atoms with van der Waals surface area (Å²) in [5.41, 5.74) is 4.36. The molecule has 0 aromatic rings. The van der Waals surface area contributed by atoms with Gasteiger partial charge < -0.3 is 26.3 Å². The second-order valence-corrected chi connectivity index (χ2v) is 6.59. The van der Waals surface area contributed by atoms with Crippen molar-refractivity contribution in [1.82, 2.24) is 4.90 Å². The highest BCUT2D eigenvalue weighted by atomic mass is 16.3. The van der Waals surface area contributed by atoms with Crippen LogP contribution in [0.3, 0.4) is 0 Å². The van der Waals surface area contributed by atoms with Crippen molar-refractivity contribution in [3.63, 3.8) is 0 Å². The maximum atomic E-state index is 12.8. The van der Waals surface area contributed by atoms with Gasteiger partial charge in [-0.1, -0.05) is 13.8 Å². The number of nitrogens with two attached hydrogens (primary N) is 1. The zero-order chi connectivity index (χ0) is 17.2. The van der Waals surface area contributed by atoms with Gasteiger partial charge in [0, 0.05) is 12.1 Å². The maximum absolute atomic E-state index is 12.8. The van der Waals surface area contributed by atoms with Gasteiger partial charge in [0.15, 0.2) is 0 Å². The molecule has 0 radical (unpaired) electrons. The molecule has 0 aliphatic carbocycles. The second-order valence-electron chi connectivity index (χ2n) is 6.59. The van der Waals surface area contributed by atoms with E-state index in [0.717, 1.165) is 0 Å². The molecule has 1 heterocycles. The van der Waals surface area contributed by atoms with E-state index in [0.29, 0.717) is 0 Å². The third-order valence-corrected chi connectivity index (χ3v) is 3.77. The third kappa shape index (κ3) is 4.07. The summed E-state index contributed by atoms with van der Waals surface area (Å²) in [6.45, 7) is 6.71. The highest BCUT2D eigenvalue weighted by Gasteiger charge is 2.47. The van der Waals surface area contributed by atoms with Gasteiger partial charge >= 0.3 is 0 Å². The predicted octanol–water partition coefficient (Wildman–Crippen LogP) is -0.256. The monoisotopic (exact) mass is 312 g/mol. The van der Waals surface area contributed by atoms with Gasteiger partial charge in [-0.05, 0) is 19.8 Å². The van der Waals surface area contributed by atoms with E-state index in [1.165, 1.54) is 17.9 Å². The van der Waals surface area contributed by atoms with Gasteiger partial charge in [0.25, 0.3) is 0 Å². The van der Waals surface area contributed by atoms with Gasteiger partial charge in [-0.2, -0.15) is 0 Å². The second kappa shape index (κ2) is 6.48. The summed E-state index contributed by atoms with van der Waals surface area (Å²) in [5.74, 6) is -1.97. The van der Waals surface area contributed by atoms with Crippen molar-refractivity contribution in [2.45, 2.75) is 45.8 Å². The molecule has 1 saturated heterocycles. The molecule has 1 rings (SSSR count). The average Bonchev–Trinajstić information content (AvgIpc) is 2.64. The van der Waals surface area contributed by atoms with Gasteiger partial charge in [-0.25, -0.2) is 0 Å². The van der Waals surface area contributed by atoms with E-state index in [4.69, 9.17) is 16.2 Å². The molecule has 1 unspecified atom stereocenters. The standard InChI is InChI=1S/C15H25N3O4/c1-8(2)12(11(19)5-9(3)16)14(21)18-7-15(4,22)6-10(18)13(17)20/h5,8,10,12,16,19,22H,6-7H2,1-4H3,(H2,17,20)/p+1/b11-5-,16-9?/t10-,12?,15-/m0/s1. The van der Waals surface area contributed by atoms with Crippen LogP contribution >= 0.6 is 0 Å². The number of nitrogens with zero attached hydrogens (tertiary/aromatic N) is 1. The number of β-amino-alcohol motifs (C(OH)–C–C–N with tert-alkyl or cyclic N) is 1. The quantitative estimate of drug-likeness (QED) is 0.367. The van der Waals surface area contributed by atoms with Crippen molar-refractivity contribution in [3.8, 4) is 0 Å². The van der Waals surface area contributed by atoms with Crippen molar-refractivity contribution in [2.75, 3.05) is 6.54 Å². The largest absolute Gasteiger partial charge is 0.596 e. The first-order chi connectivity index (χ1) is 9.96. The maximum Gasteiger partial charge on any atom is 0.243 e. The Balaban J connectivity index is 3.13. The first kappa shape index (κ1) is 18.2. The average molecular weight is 312 g/mol. The third-order valence-electron chi connectivity index (χ3n) is 3.77. The van der Waals surface area contributed by atoms with Gasteiger partial charge in [0.1, 0.15) is 12.0 Å². The number of hydrogen-bond acceptors (Lipinski definition) is 4. The van der Waals surface area contributed by atoms with Crippen LogP contribution in [-0.2, 0) is 9.59 Å². The number of likely N-dealkylation sites (tertiary alicyclic amines) is 1. The molecule has 3 atom stereocenters. The first-order valence-corrected chi connectivity index (χ1v) is 7.27. The molecule has 0 spiro atoms. The number of carbonyl (C=O) groups excluding carboxylic acids is 2. The highest BCUT2D eigenvalue weighted by molar-refractivity contribution is 5.93. The van der Waals surface area contributed by atoms with Crippen LogP contribution in [0.25, 0.3) is 0 Å². The van der Waals surface area contributed by atoms with Crippen LogP contribution in [0.5, 0.6) is 0 Å². The van der Waals surface area contributed by atoms with Crippen LogP contribution in [0, 0.1) is 17.2 Å². The van der Waals surface area contributed by atoms with Crippen molar-refractivity contribution < 1.29 is 19.8 Å². The van der Waals surface area contributed by atoms with Gasteiger partial charge in [-0.15, -0.1) is 0 Å². The fourth-order valence-corrected chi connectivity index (χ4v) is 2.83. The van der Waals surface area contributed by atoms with Crippen LogP contribution in [0.15, 0.2) is 11.8 Å². The summed E-state index contributed by atoms with van der Waals surface area (Å²) in [6, 6.07) is -0.863. The molecule has 22 heavy (non-hydrogen) atoms. The van der Waals surface area contributed by atoms with Crippen molar-refractivity contribution in [1.29, 1.82) is 5.41 Å². The van der Waals surface area contributed by atoms with Crippen LogP contribution in [-0.4, -0.2) is 50.8 Å². The molecule has 124 valence electrons. The van der Waals surface area contributed by atoms with Crippen molar-refractivity contribution in [2.24, 2.45) is 17.6 Å². The Labute approximate surface area is 130 Å². The number of hydrogen-bond donors (Lipinski definition) is 3. The number of allylic oxidation sites excluding steroid dienone is 1. The molecular weight excluding hydrogens is 286 g/mol. The number of nitrogens with one attached hydrogen (secondary N) is 1. The lowest BCUT2D eigenvalue weighted by Gasteiger charge is -2.27. The van der Waals surface area contributed by atoms with Crippen molar-refractivity contribution in [3.05, 3.63) is 11.8 Å². The normalized spacial score (nSPS) is 27.1. The summed E-state index contributed by atoms with van der Waals surface area (Å²) in [4.78, 5) is 25.6. The SMILES string of the molecule is CC(=N)/C=C(\[OH2+])C(C(=O)N1C[C@@](C)(O)C[C@H]1C(N)=O)C(C)C. The van der Waals surface area contributed by atoms with Crippen LogP contribution in [0.1, 0.15) is 34.1 Å². The van der Waals surface area contributed by atoms with E-state index >= 15 is 0 Å². The minimum Gasteiger partial charge on any atom is -0.596 e. The number of aliphatic hydroxyl groups is 1. The molecule has 1 aliphatic rings. The first-order valence-electron chi connectivity index (χ1n) is 7.27. The molecule has 0 saturated carbocycles. The van der Waals surface area contributed by atoms with Crippen LogP contribution in [0.4, 0.5) is 0 Å². The Hall–Kier alpha value is -1.89. The van der Waals surface area contributed by atoms with E-state index in [1.54, 1.807) is 20.8 Å². The number of primary amides is 1. The van der Waals surface area contributed by atoms with Crippen LogP contribution < -0.4 is 5.73 Å². The molecule has 2 amide bonds. The lowest BCUT2D eigenvalue weighted by atomic mass is 9.91. The minimum absolute atomic E-state index is 0.0134. The van der Waals surface area contributed by atoms with Gasteiger partial charge in [0.05, 0.1) is 18.2 Å². The minimum atomic E-state index is -1.17. The zero-order valence-corrected chi connectivity index (χ0v) is 13.5. The number of carbonyl (C=O) groups is 2. The summed E-state index contributed by atoms with van der Waals surface area (Å²) in [5, 5.41) is 25.6. The van der Waals surface area contributed by atoms with E-state index < -0.39 is 29.4 Å². The van der Waals surface area contributed by atoms with Crippen molar-refractivity contribution >= 4 is 17.5 Å². The lowest BCUT2D eigenvalue weighted by molar-refractivity contribution is -0.141. The fraction of sp³-hybridized carbons (Fsp3) is 0.667. The topological polar surface area (TPSA) is 130 Å². The summed E-state index contributed by atoms with van der Waals surface area (Å²) in [7, 11) is 0. The molecule has 0 aromatic carbocycles. The van der Waals surface area contributed by atoms with E-state index in [9.17, 15) is 14.7 Å². The van der Waals surface area contributed by atoms with E-state index in [1.807, 2.05) is 0 Å². The summed E-state index contributed by atoms with van der Waals surface area (Å²) in [6.07, 6.45) is 1.43. The van der Waals surface area contributed by atoms with Crippen LogP contribution in [0.2, 0.25) is 0 Å². The molecule has 0 aromatic heterocycles. The predicted molar refractivity (Wildman–Crippen MR) is 83.4 cm³/mol. The molecule has 6 N–H and O–H groups in total. The Morgan fingerprint density at radius 3 is 2.45 bits per heavy atom. The Kier molecular flexibility index (Phi) is 5.35.